The number of halogens is 1. The van der Waals surface area contributed by atoms with Gasteiger partial charge in [-0.2, -0.15) is 0 Å². The van der Waals surface area contributed by atoms with E-state index in [9.17, 15) is 19.2 Å². The Bertz CT molecular complexity index is 1120. The van der Waals surface area contributed by atoms with E-state index < -0.39 is 36.0 Å². The molecule has 0 spiro atoms. The molecule has 3 aliphatic rings. The van der Waals surface area contributed by atoms with E-state index in [4.69, 9.17) is 21.1 Å². The lowest BCUT2D eigenvalue weighted by Crippen LogP contribution is -2.53. The van der Waals surface area contributed by atoms with Gasteiger partial charge in [0.1, 0.15) is 18.2 Å². The van der Waals surface area contributed by atoms with E-state index in [1.165, 1.54) is 13.5 Å². The first kappa shape index (κ1) is 32.1. The van der Waals surface area contributed by atoms with E-state index in [2.05, 4.69) is 16.0 Å². The first-order chi connectivity index (χ1) is 20.0. The molecule has 0 aromatic heterocycles. The highest BCUT2D eigenvalue weighted by Crippen LogP contribution is 2.33. The van der Waals surface area contributed by atoms with Gasteiger partial charge in [0.15, 0.2) is 0 Å². The van der Waals surface area contributed by atoms with Crippen molar-refractivity contribution in [1.29, 1.82) is 0 Å². The van der Waals surface area contributed by atoms with Crippen molar-refractivity contribution >= 4 is 35.5 Å². The van der Waals surface area contributed by atoms with E-state index in [1.54, 1.807) is 0 Å². The molecule has 232 valence electrons. The van der Waals surface area contributed by atoms with Crippen molar-refractivity contribution in [2.75, 3.05) is 7.11 Å². The number of hydrogen-bond acceptors (Lipinski definition) is 6. The monoisotopic (exact) mass is 603 g/mol. The molecule has 42 heavy (non-hydrogen) atoms. The highest BCUT2D eigenvalue weighted by atomic mass is 35.5. The molecule has 1 aromatic carbocycles. The average Bonchev–Trinajstić information content (AvgIpc) is 3.48. The normalized spacial score (nSPS) is 25.2. The summed E-state index contributed by atoms with van der Waals surface area (Å²) in [6.45, 7) is 3.85. The quantitative estimate of drug-likeness (QED) is 0.303. The summed E-state index contributed by atoms with van der Waals surface area (Å²) in [5.41, 5.74) is 0.720. The molecule has 4 unspecified atom stereocenters. The number of rotatable bonds is 11. The number of carbonyl (C=O) groups excluding carboxylic acids is 4. The Labute approximate surface area is 254 Å². The van der Waals surface area contributed by atoms with Gasteiger partial charge in [-0.25, -0.2) is 9.59 Å². The molecule has 1 aliphatic heterocycles. The lowest BCUT2D eigenvalue weighted by molar-refractivity contribution is -0.146. The number of hydrogen-bond donors (Lipinski definition) is 3. The standard InChI is InChI=1S/C32H46ClN3O6/c1-32(2)19-23(28(37)36-32)18-26(30(39)41-3)34-29(38)25(17-20-9-5-4-6-10-20)35-31(40)42-27-14-8-12-22(27)15-21-11-7-13-24(33)16-21/h7,11,13,16,20,22-23,25-27H,4-6,8-10,12,14-15,17-19H2,1-3H3,(H,34,38)(H,35,40)(H,36,37)/t22?,23?,25-,26?,27?/m0/s1. The Morgan fingerprint density at radius 1 is 1.02 bits per heavy atom. The summed E-state index contributed by atoms with van der Waals surface area (Å²) < 4.78 is 10.9. The van der Waals surface area contributed by atoms with E-state index in [0.29, 0.717) is 17.9 Å². The van der Waals surface area contributed by atoms with Gasteiger partial charge in [-0.15, -0.1) is 0 Å². The van der Waals surface area contributed by atoms with Gasteiger partial charge in [-0.3, -0.25) is 9.59 Å². The van der Waals surface area contributed by atoms with Crippen LogP contribution in [0.1, 0.15) is 90.0 Å². The minimum atomic E-state index is -1.00. The van der Waals surface area contributed by atoms with Crippen molar-refractivity contribution in [2.24, 2.45) is 17.8 Å². The topological polar surface area (TPSA) is 123 Å². The van der Waals surface area contributed by atoms with E-state index in [1.807, 2.05) is 38.1 Å². The van der Waals surface area contributed by atoms with Crippen molar-refractivity contribution in [1.82, 2.24) is 16.0 Å². The van der Waals surface area contributed by atoms with Crippen LogP contribution in [0.25, 0.3) is 0 Å². The molecule has 9 nitrogen and oxygen atoms in total. The molecule has 5 atom stereocenters. The van der Waals surface area contributed by atoms with Gasteiger partial charge < -0.3 is 25.4 Å². The maximum Gasteiger partial charge on any atom is 0.408 e. The molecule has 1 saturated heterocycles. The molecular formula is C32H46ClN3O6. The lowest BCUT2D eigenvalue weighted by Gasteiger charge is -2.29. The first-order valence-corrected chi connectivity index (χ1v) is 15.8. The predicted octanol–water partition coefficient (Wildman–Crippen LogP) is 5.08. The fourth-order valence-electron chi connectivity index (χ4n) is 6.96. The van der Waals surface area contributed by atoms with E-state index in [0.717, 1.165) is 56.9 Å². The summed E-state index contributed by atoms with van der Waals surface area (Å²) in [5, 5.41) is 9.25. The SMILES string of the molecule is COC(=O)C(CC1CC(C)(C)NC1=O)NC(=O)[C@H](CC1CCCCC1)NC(=O)OC1CCCC1Cc1cccc(Cl)c1. The Morgan fingerprint density at radius 2 is 1.79 bits per heavy atom. The number of methoxy groups -OCH3 is 1. The molecule has 0 bridgehead atoms. The number of esters is 1. The molecule has 2 aliphatic carbocycles. The number of benzene rings is 1. The Morgan fingerprint density at radius 3 is 2.45 bits per heavy atom. The van der Waals surface area contributed by atoms with Crippen molar-refractivity contribution in [3.63, 3.8) is 0 Å². The van der Waals surface area contributed by atoms with Gasteiger partial charge in [0.2, 0.25) is 11.8 Å². The van der Waals surface area contributed by atoms with Crippen LogP contribution in [0.5, 0.6) is 0 Å². The summed E-state index contributed by atoms with van der Waals surface area (Å²) in [4.78, 5) is 52.1. The molecular weight excluding hydrogens is 558 g/mol. The highest BCUT2D eigenvalue weighted by Gasteiger charge is 2.41. The minimum absolute atomic E-state index is 0.127. The second-order valence-corrected chi connectivity index (χ2v) is 13.4. The van der Waals surface area contributed by atoms with Crippen molar-refractivity contribution in [3.05, 3.63) is 34.9 Å². The second kappa shape index (κ2) is 14.6. The van der Waals surface area contributed by atoms with Gasteiger partial charge in [0.25, 0.3) is 0 Å². The zero-order valence-corrected chi connectivity index (χ0v) is 25.8. The van der Waals surface area contributed by atoms with Crippen molar-refractivity contribution < 1.29 is 28.7 Å². The molecule has 3 amide bonds. The lowest BCUT2D eigenvalue weighted by atomic mass is 9.84. The predicted molar refractivity (Wildman–Crippen MR) is 160 cm³/mol. The maximum absolute atomic E-state index is 13.6. The van der Waals surface area contributed by atoms with Crippen LogP contribution >= 0.6 is 11.6 Å². The summed E-state index contributed by atoms with van der Waals surface area (Å²) in [6, 6.07) is 5.86. The van der Waals surface area contributed by atoms with E-state index in [-0.39, 0.29) is 35.8 Å². The van der Waals surface area contributed by atoms with Crippen LogP contribution in [0.3, 0.4) is 0 Å². The summed E-state index contributed by atoms with van der Waals surface area (Å²) in [6.07, 6.45) is 9.02. The minimum Gasteiger partial charge on any atom is -0.467 e. The van der Waals surface area contributed by atoms with Crippen LogP contribution in [0, 0.1) is 17.8 Å². The number of amides is 3. The molecule has 2 saturated carbocycles. The van der Waals surface area contributed by atoms with Gasteiger partial charge in [0, 0.05) is 22.4 Å². The third-order valence-electron chi connectivity index (χ3n) is 9.05. The number of alkyl carbamates (subject to hydrolysis) is 1. The number of nitrogens with one attached hydrogen (secondary N) is 3. The third-order valence-corrected chi connectivity index (χ3v) is 9.28. The van der Waals surface area contributed by atoms with Gasteiger partial charge in [0.05, 0.1) is 7.11 Å². The fraction of sp³-hybridized carbons (Fsp3) is 0.688. The van der Waals surface area contributed by atoms with Crippen LogP contribution in [0.15, 0.2) is 24.3 Å². The summed E-state index contributed by atoms with van der Waals surface area (Å²) in [7, 11) is 1.26. The molecule has 4 rings (SSSR count). The molecule has 1 heterocycles. The molecule has 3 N–H and O–H groups in total. The zero-order chi connectivity index (χ0) is 30.3. The molecule has 10 heteroatoms. The Hall–Kier alpha value is -2.81. The Balaban J connectivity index is 1.41. The molecule has 1 aromatic rings. The average molecular weight is 604 g/mol. The summed E-state index contributed by atoms with van der Waals surface area (Å²) >= 11 is 6.17. The van der Waals surface area contributed by atoms with Crippen molar-refractivity contribution in [3.8, 4) is 0 Å². The molecule has 3 fully saturated rings. The number of ether oxygens (including phenoxy) is 2. The number of carbonyl (C=O) groups is 4. The molecule has 0 radical (unpaired) electrons. The van der Waals surface area contributed by atoms with Gasteiger partial charge in [-0.1, -0.05) is 55.8 Å². The van der Waals surface area contributed by atoms with Gasteiger partial charge in [-0.05, 0) is 82.4 Å². The third kappa shape index (κ3) is 9.09. The van der Waals surface area contributed by atoms with Crippen LogP contribution in [0.4, 0.5) is 4.79 Å². The Kier molecular flexibility index (Phi) is 11.1. The van der Waals surface area contributed by atoms with E-state index >= 15 is 0 Å². The largest absolute Gasteiger partial charge is 0.467 e. The second-order valence-electron chi connectivity index (χ2n) is 13.0. The van der Waals surface area contributed by atoms with Crippen LogP contribution in [-0.2, 0) is 30.3 Å². The van der Waals surface area contributed by atoms with Crippen LogP contribution in [-0.4, -0.2) is 54.7 Å². The maximum atomic E-state index is 13.6. The highest BCUT2D eigenvalue weighted by molar-refractivity contribution is 6.30. The van der Waals surface area contributed by atoms with Crippen LogP contribution < -0.4 is 16.0 Å². The summed E-state index contributed by atoms with van der Waals surface area (Å²) in [5.74, 6) is -1.20. The fourth-order valence-corrected chi connectivity index (χ4v) is 7.17. The van der Waals surface area contributed by atoms with Gasteiger partial charge >= 0.3 is 12.1 Å². The smallest absolute Gasteiger partial charge is 0.408 e. The van der Waals surface area contributed by atoms with Crippen LogP contribution in [0.2, 0.25) is 5.02 Å². The zero-order valence-electron chi connectivity index (χ0n) is 25.1. The first-order valence-electron chi connectivity index (χ1n) is 15.4. The van der Waals surface area contributed by atoms with Crippen molar-refractivity contribution in [2.45, 2.75) is 115 Å².